The number of aromatic hydroxyl groups is 1. The fourth-order valence-corrected chi connectivity index (χ4v) is 5.23. The van der Waals surface area contributed by atoms with Gasteiger partial charge in [0, 0.05) is 5.39 Å². The number of halogens is 1. The fourth-order valence-electron chi connectivity index (χ4n) is 3.39. The average molecular weight is 647 g/mol. The van der Waals surface area contributed by atoms with Crippen LogP contribution in [0.4, 0.5) is 23.0 Å². The molecule has 0 saturated carbocycles. The van der Waals surface area contributed by atoms with Gasteiger partial charge in [0.2, 0.25) is 11.2 Å². The number of nitrogens with zero attached hydrogens (tertiary/aromatic N) is 5. The molecule has 0 fully saturated rings. The van der Waals surface area contributed by atoms with Gasteiger partial charge in [0.05, 0.1) is 28.3 Å². The minimum absolute atomic E-state index is 0.0647. The van der Waals surface area contributed by atoms with E-state index in [1.165, 1.54) is 7.11 Å². The normalized spacial score (nSPS) is 12.6. The third-order valence-electron chi connectivity index (χ3n) is 5.12. The number of phenolic OH excluding ortho intramolecular Hbond substituents is 1. The van der Waals surface area contributed by atoms with Crippen LogP contribution in [0, 0.1) is 0 Å². The van der Waals surface area contributed by atoms with Gasteiger partial charge < -0.3 is 15.2 Å². The molecule has 0 radical (unpaired) electrons. The molecule has 1 heterocycles. The number of methoxy groups -OCH3 is 1. The molecule has 4 rings (SSSR count). The molecule has 0 amide bonds. The summed E-state index contributed by atoms with van der Waals surface area (Å²) in [4.78, 5) is 9.14. The zero-order valence-corrected chi connectivity index (χ0v) is 23.2. The Hall–Kier alpha value is -4.05. The van der Waals surface area contributed by atoms with E-state index in [1.807, 2.05) is 0 Å². The lowest BCUT2D eigenvalue weighted by molar-refractivity contribution is 0.379. The summed E-state index contributed by atoms with van der Waals surface area (Å²) in [6, 6.07) is 6.30. The van der Waals surface area contributed by atoms with Crippen LogP contribution in [0.2, 0.25) is 5.28 Å². The summed E-state index contributed by atoms with van der Waals surface area (Å²) in [5, 5.41) is 20.2. The van der Waals surface area contributed by atoms with Crippen molar-refractivity contribution in [3.8, 4) is 11.8 Å². The molecule has 0 bridgehead atoms. The number of phenols is 1. The minimum atomic E-state index is -5.14. The van der Waals surface area contributed by atoms with E-state index in [4.69, 9.17) is 20.9 Å². The Balaban J connectivity index is 1.98. The van der Waals surface area contributed by atoms with Crippen molar-refractivity contribution in [1.29, 1.82) is 0 Å². The zero-order chi connectivity index (χ0) is 30.3. The third kappa shape index (κ3) is 6.65. The van der Waals surface area contributed by atoms with Crippen molar-refractivity contribution >= 4 is 75.7 Å². The Morgan fingerprint density at radius 1 is 0.829 bits per heavy atom. The van der Waals surface area contributed by atoms with Gasteiger partial charge in [-0.3, -0.25) is 13.7 Å². The molecule has 0 saturated heterocycles. The summed E-state index contributed by atoms with van der Waals surface area (Å²) in [6.07, 6.45) is 0. The van der Waals surface area contributed by atoms with E-state index < -0.39 is 56.5 Å². The van der Waals surface area contributed by atoms with Crippen molar-refractivity contribution in [1.82, 2.24) is 15.0 Å². The molecule has 4 aromatic rings. The van der Waals surface area contributed by atoms with E-state index in [0.29, 0.717) is 0 Å². The Labute approximate surface area is 235 Å². The van der Waals surface area contributed by atoms with E-state index in [1.54, 1.807) is 0 Å². The highest BCUT2D eigenvalue weighted by Gasteiger charge is 2.26. The summed E-state index contributed by atoms with van der Waals surface area (Å²) in [7, 11) is -13.3. The molecule has 216 valence electrons. The molecule has 0 spiro atoms. The van der Waals surface area contributed by atoms with Crippen LogP contribution in [0.25, 0.3) is 10.8 Å². The Morgan fingerprint density at radius 2 is 1.46 bits per heavy atom. The van der Waals surface area contributed by atoms with Gasteiger partial charge in [0.25, 0.3) is 30.4 Å². The predicted molar refractivity (Wildman–Crippen MR) is 140 cm³/mol. The zero-order valence-electron chi connectivity index (χ0n) is 20.0. The number of anilines is 2. The monoisotopic (exact) mass is 646 g/mol. The van der Waals surface area contributed by atoms with Crippen molar-refractivity contribution in [3.05, 3.63) is 47.7 Å². The minimum Gasteiger partial charge on any atom is -0.505 e. The standard InChI is InChI=1S/C20H15ClN6O11S3/c1-38-20-24-18(21)23-19(25-20)22-13-8-12(40(32,33)34)6-9-7-14(41(35,36)37)16(17(28)15(9)13)27-26-10-2-4-11(5-3-10)39(29,30)31/h2-8,28H,1H3,(H,29,30,31)(H,32,33,34)(H,35,36,37)(H,22,23,24,25). The number of nitrogens with one attached hydrogen (secondary N) is 1. The Bertz CT molecular complexity index is 2060. The second-order valence-electron chi connectivity index (χ2n) is 7.80. The lowest BCUT2D eigenvalue weighted by atomic mass is 10.1. The third-order valence-corrected chi connectivity index (χ3v) is 7.85. The summed E-state index contributed by atoms with van der Waals surface area (Å²) in [6.45, 7) is 0. The summed E-state index contributed by atoms with van der Waals surface area (Å²) in [5.74, 6) is -1.26. The van der Waals surface area contributed by atoms with Crippen LogP contribution < -0.4 is 10.1 Å². The van der Waals surface area contributed by atoms with Crippen LogP contribution in [0.1, 0.15) is 0 Å². The predicted octanol–water partition coefficient (Wildman–Crippen LogP) is 3.29. The van der Waals surface area contributed by atoms with E-state index in [9.17, 15) is 39.5 Å². The first-order chi connectivity index (χ1) is 19.0. The van der Waals surface area contributed by atoms with Crippen LogP contribution in [-0.2, 0) is 30.4 Å². The molecule has 5 N–H and O–H groups in total. The second-order valence-corrected chi connectivity index (χ2v) is 12.4. The number of hydrogen-bond acceptors (Lipinski definition) is 14. The van der Waals surface area contributed by atoms with E-state index in [0.717, 1.165) is 42.5 Å². The van der Waals surface area contributed by atoms with E-state index in [-0.39, 0.29) is 39.4 Å². The molecule has 41 heavy (non-hydrogen) atoms. The van der Waals surface area contributed by atoms with Gasteiger partial charge in [0.15, 0.2) is 5.75 Å². The van der Waals surface area contributed by atoms with Crippen molar-refractivity contribution in [2.75, 3.05) is 12.4 Å². The second kappa shape index (κ2) is 10.7. The maximum absolute atomic E-state index is 12.2. The quantitative estimate of drug-likeness (QED) is 0.136. The number of benzene rings is 3. The van der Waals surface area contributed by atoms with Crippen LogP contribution in [0.5, 0.6) is 11.8 Å². The Kier molecular flexibility index (Phi) is 7.84. The molecule has 0 aliphatic heterocycles. The number of azo groups is 1. The fraction of sp³-hybridized carbons (Fsp3) is 0.0500. The van der Waals surface area contributed by atoms with Gasteiger partial charge in [0.1, 0.15) is 10.6 Å². The maximum Gasteiger partial charge on any atom is 0.322 e. The molecule has 3 aromatic carbocycles. The Morgan fingerprint density at radius 3 is 2.02 bits per heavy atom. The summed E-state index contributed by atoms with van der Waals surface area (Å²) in [5.41, 5.74) is -1.19. The topological polar surface area (TPSA) is 268 Å². The molecule has 0 aliphatic rings. The first-order valence-electron chi connectivity index (χ1n) is 10.5. The van der Waals surface area contributed by atoms with Gasteiger partial charge in [-0.05, 0) is 59.5 Å². The van der Waals surface area contributed by atoms with Crippen molar-refractivity contribution in [3.63, 3.8) is 0 Å². The molecule has 17 nitrogen and oxygen atoms in total. The lowest BCUT2D eigenvalue weighted by Crippen LogP contribution is -2.05. The smallest absolute Gasteiger partial charge is 0.322 e. The highest BCUT2D eigenvalue weighted by atomic mass is 35.5. The number of ether oxygens (including phenoxy) is 1. The van der Waals surface area contributed by atoms with Gasteiger partial charge in [-0.15, -0.1) is 5.11 Å². The van der Waals surface area contributed by atoms with Gasteiger partial charge >= 0.3 is 6.01 Å². The molecular formula is C20H15ClN6O11S3. The van der Waals surface area contributed by atoms with Gasteiger partial charge in [-0.25, -0.2) is 0 Å². The molecule has 1 aromatic heterocycles. The van der Waals surface area contributed by atoms with Crippen LogP contribution in [-0.4, -0.2) is 66.1 Å². The van der Waals surface area contributed by atoms with Gasteiger partial charge in [-0.1, -0.05) is 0 Å². The van der Waals surface area contributed by atoms with E-state index in [2.05, 4.69) is 30.5 Å². The number of aromatic nitrogens is 3. The number of rotatable bonds is 8. The molecule has 0 aliphatic carbocycles. The highest BCUT2D eigenvalue weighted by molar-refractivity contribution is 7.86. The van der Waals surface area contributed by atoms with E-state index >= 15 is 0 Å². The van der Waals surface area contributed by atoms with Crippen molar-refractivity contribution in [2.24, 2.45) is 10.2 Å². The molecule has 0 unspecified atom stereocenters. The molecule has 21 heteroatoms. The number of hydrogen-bond donors (Lipinski definition) is 5. The summed E-state index contributed by atoms with van der Waals surface area (Å²) < 4.78 is 104. The number of fused-ring (bicyclic) bond motifs is 1. The SMILES string of the molecule is COc1nc(Cl)nc(Nc2cc(S(=O)(=O)O)cc3cc(S(=O)(=O)O)c(N=Nc4ccc(S(=O)(=O)O)cc4)c(O)c23)n1. The first kappa shape index (κ1) is 29.9. The molecule has 0 atom stereocenters. The lowest BCUT2D eigenvalue weighted by Gasteiger charge is -2.15. The van der Waals surface area contributed by atoms with Gasteiger partial charge in [-0.2, -0.15) is 45.3 Å². The van der Waals surface area contributed by atoms with Crippen LogP contribution in [0.3, 0.4) is 0 Å². The van der Waals surface area contributed by atoms with Crippen molar-refractivity contribution in [2.45, 2.75) is 14.7 Å². The first-order valence-corrected chi connectivity index (χ1v) is 15.2. The van der Waals surface area contributed by atoms with Crippen LogP contribution >= 0.6 is 11.6 Å². The molecular weight excluding hydrogens is 632 g/mol. The maximum atomic E-state index is 12.2. The largest absolute Gasteiger partial charge is 0.505 e. The average Bonchev–Trinajstić information content (AvgIpc) is 2.86. The summed E-state index contributed by atoms with van der Waals surface area (Å²) >= 11 is 5.84. The van der Waals surface area contributed by atoms with Crippen LogP contribution in [0.15, 0.2) is 67.4 Å². The highest BCUT2D eigenvalue weighted by Crippen LogP contribution is 2.45. The van der Waals surface area contributed by atoms with Crippen molar-refractivity contribution < 1.29 is 48.8 Å².